The molecule has 0 aromatic carbocycles. The lowest BCUT2D eigenvalue weighted by atomic mass is 9.79. The summed E-state index contributed by atoms with van der Waals surface area (Å²) >= 11 is 0. The zero-order valence-electron chi connectivity index (χ0n) is 16.8. The molecule has 1 aromatic heterocycles. The fraction of sp³-hybridized carbons (Fsp3) is 0.857. The van der Waals surface area contributed by atoms with Gasteiger partial charge in [-0.25, -0.2) is 0 Å². The molecule has 0 bridgehead atoms. The third-order valence-electron chi connectivity index (χ3n) is 7.30. The summed E-state index contributed by atoms with van der Waals surface area (Å²) in [4.78, 5) is 14.2. The molecule has 3 unspecified atom stereocenters. The molecule has 3 saturated heterocycles. The Morgan fingerprint density at radius 2 is 1.96 bits per heavy atom. The molecule has 0 spiro atoms. The van der Waals surface area contributed by atoms with Crippen molar-refractivity contribution in [2.45, 2.75) is 88.8 Å². The third kappa shape index (κ3) is 3.53. The van der Waals surface area contributed by atoms with E-state index in [1.54, 1.807) is 0 Å². The summed E-state index contributed by atoms with van der Waals surface area (Å²) in [5, 5.41) is 12.4. The van der Waals surface area contributed by atoms with Gasteiger partial charge < -0.3 is 15.0 Å². The van der Waals surface area contributed by atoms with Crippen LogP contribution >= 0.6 is 0 Å². The van der Waals surface area contributed by atoms with E-state index < -0.39 is 0 Å². The fourth-order valence-electron chi connectivity index (χ4n) is 5.46. The Morgan fingerprint density at radius 1 is 1.04 bits per heavy atom. The van der Waals surface area contributed by atoms with E-state index in [0.717, 1.165) is 50.2 Å². The predicted octanol–water partition coefficient (Wildman–Crippen LogP) is 2.61. The number of hydrogen-bond donors (Lipinski definition) is 1. The summed E-state index contributed by atoms with van der Waals surface area (Å²) in [6.07, 6.45) is 11.9. The molecule has 7 heteroatoms. The van der Waals surface area contributed by atoms with Crippen molar-refractivity contribution in [2.75, 3.05) is 24.6 Å². The Kier molecular flexibility index (Phi) is 5.26. The van der Waals surface area contributed by atoms with Gasteiger partial charge in [-0.1, -0.05) is 6.42 Å². The molecule has 1 aliphatic carbocycles. The van der Waals surface area contributed by atoms with E-state index in [4.69, 9.17) is 9.84 Å². The number of aromatic nitrogens is 3. The normalized spacial score (nSPS) is 31.6. The number of carbonyl (C=O) groups excluding carboxylic acids is 1. The van der Waals surface area contributed by atoms with Crippen molar-refractivity contribution in [3.05, 3.63) is 5.82 Å². The molecule has 1 saturated carbocycles. The minimum Gasteiger partial charge on any atom is -0.376 e. The third-order valence-corrected chi connectivity index (χ3v) is 7.30. The average molecular weight is 388 g/mol. The number of nitrogens with zero attached hydrogens (tertiary/aromatic N) is 4. The van der Waals surface area contributed by atoms with E-state index >= 15 is 0 Å². The van der Waals surface area contributed by atoms with E-state index in [9.17, 15) is 4.79 Å². The van der Waals surface area contributed by atoms with Crippen LogP contribution in [0.4, 0.5) is 5.95 Å². The molecule has 0 radical (unpaired) electrons. The van der Waals surface area contributed by atoms with Gasteiger partial charge in [0, 0.05) is 38.1 Å². The standard InChI is InChI=1S/C21H33N5O2/c27-19-10-9-16(13-22-19)20-23-24-21(26(20)14-17-7-1-2-12-28-17)25-11-4-8-18(25)15-5-3-6-15/h15-18H,1-14H2,(H,22,27). The zero-order valence-corrected chi connectivity index (χ0v) is 16.8. The number of nitrogens with one attached hydrogen (secondary N) is 1. The first-order valence-electron chi connectivity index (χ1n) is 11.4. The van der Waals surface area contributed by atoms with Crippen molar-refractivity contribution in [2.24, 2.45) is 5.92 Å². The number of rotatable bonds is 5. The van der Waals surface area contributed by atoms with Crippen molar-refractivity contribution in [3.8, 4) is 0 Å². The maximum Gasteiger partial charge on any atom is 0.227 e. The molecule has 28 heavy (non-hydrogen) atoms. The van der Waals surface area contributed by atoms with Crippen molar-refractivity contribution < 1.29 is 9.53 Å². The number of carbonyl (C=O) groups is 1. The van der Waals surface area contributed by atoms with Gasteiger partial charge in [0.05, 0.1) is 12.6 Å². The molecule has 1 aromatic rings. The minimum atomic E-state index is 0.155. The molecular weight excluding hydrogens is 354 g/mol. The quantitative estimate of drug-likeness (QED) is 0.841. The van der Waals surface area contributed by atoms with Crippen LogP contribution in [0.15, 0.2) is 0 Å². The van der Waals surface area contributed by atoms with E-state index in [0.29, 0.717) is 19.0 Å². The Balaban J connectivity index is 1.43. The van der Waals surface area contributed by atoms with Crippen molar-refractivity contribution in [3.63, 3.8) is 0 Å². The molecule has 4 fully saturated rings. The minimum absolute atomic E-state index is 0.155. The van der Waals surface area contributed by atoms with Gasteiger partial charge >= 0.3 is 0 Å². The van der Waals surface area contributed by atoms with Crippen molar-refractivity contribution >= 4 is 11.9 Å². The summed E-state index contributed by atoms with van der Waals surface area (Å²) in [6, 6.07) is 0.628. The van der Waals surface area contributed by atoms with Crippen molar-refractivity contribution in [1.82, 2.24) is 20.1 Å². The maximum absolute atomic E-state index is 11.6. The molecule has 3 atom stereocenters. The highest BCUT2D eigenvalue weighted by Gasteiger charge is 2.38. The molecule has 4 heterocycles. The second kappa shape index (κ2) is 8.01. The topological polar surface area (TPSA) is 72.3 Å². The lowest BCUT2D eigenvalue weighted by molar-refractivity contribution is -0.122. The molecule has 4 aliphatic rings. The van der Waals surface area contributed by atoms with Gasteiger partial charge in [0.2, 0.25) is 11.9 Å². The van der Waals surface area contributed by atoms with Gasteiger partial charge in [-0.2, -0.15) is 0 Å². The predicted molar refractivity (Wildman–Crippen MR) is 106 cm³/mol. The SMILES string of the molecule is O=C1CCC(c2nnc(N3CCCC3C3CCC3)n2CC2CCCCO2)CN1. The highest BCUT2D eigenvalue weighted by atomic mass is 16.5. The van der Waals surface area contributed by atoms with Gasteiger partial charge in [0.25, 0.3) is 0 Å². The van der Waals surface area contributed by atoms with Crippen LogP contribution in [0.3, 0.4) is 0 Å². The molecule has 3 aliphatic heterocycles. The second-order valence-corrected chi connectivity index (χ2v) is 9.09. The molecule has 1 amide bonds. The number of anilines is 1. The van der Waals surface area contributed by atoms with Crippen LogP contribution in [-0.2, 0) is 16.1 Å². The summed E-state index contributed by atoms with van der Waals surface area (Å²) in [5.74, 6) is 3.34. The van der Waals surface area contributed by atoms with Crippen LogP contribution in [0, 0.1) is 5.92 Å². The van der Waals surface area contributed by atoms with Gasteiger partial charge in [0.1, 0.15) is 5.82 Å². The number of ether oxygens (including phenoxy) is 1. The second-order valence-electron chi connectivity index (χ2n) is 9.09. The Morgan fingerprint density at radius 3 is 2.68 bits per heavy atom. The summed E-state index contributed by atoms with van der Waals surface area (Å²) in [7, 11) is 0. The summed E-state index contributed by atoms with van der Waals surface area (Å²) in [6.45, 7) is 3.47. The van der Waals surface area contributed by atoms with Crippen LogP contribution in [0.25, 0.3) is 0 Å². The van der Waals surface area contributed by atoms with E-state index in [1.807, 2.05) is 0 Å². The summed E-state index contributed by atoms with van der Waals surface area (Å²) in [5.41, 5.74) is 0. The smallest absolute Gasteiger partial charge is 0.227 e. The van der Waals surface area contributed by atoms with Gasteiger partial charge in [-0.3, -0.25) is 9.36 Å². The van der Waals surface area contributed by atoms with Crippen LogP contribution in [-0.4, -0.2) is 52.5 Å². The zero-order chi connectivity index (χ0) is 18.9. The molecular formula is C21H33N5O2. The maximum atomic E-state index is 11.6. The Labute approximate surface area is 167 Å². The highest BCUT2D eigenvalue weighted by Crippen LogP contribution is 2.39. The van der Waals surface area contributed by atoms with Gasteiger partial charge in [0.15, 0.2) is 0 Å². The Hall–Kier alpha value is -1.63. The Bertz CT molecular complexity index is 685. The molecule has 7 nitrogen and oxygen atoms in total. The largest absolute Gasteiger partial charge is 0.376 e. The van der Waals surface area contributed by atoms with Crippen molar-refractivity contribution in [1.29, 1.82) is 0 Å². The van der Waals surface area contributed by atoms with E-state index in [-0.39, 0.29) is 17.9 Å². The van der Waals surface area contributed by atoms with E-state index in [1.165, 1.54) is 44.9 Å². The van der Waals surface area contributed by atoms with Gasteiger partial charge in [-0.05, 0) is 57.3 Å². The lowest BCUT2D eigenvalue weighted by Crippen LogP contribution is -2.41. The molecule has 5 rings (SSSR count). The molecule has 1 N–H and O–H groups in total. The number of piperidine rings is 1. The van der Waals surface area contributed by atoms with E-state index in [2.05, 4.69) is 19.9 Å². The van der Waals surface area contributed by atoms with Crippen LogP contribution in [0.1, 0.15) is 76.0 Å². The average Bonchev–Trinajstić information content (AvgIpc) is 3.29. The lowest BCUT2D eigenvalue weighted by Gasteiger charge is -2.38. The first kappa shape index (κ1) is 18.4. The first-order valence-corrected chi connectivity index (χ1v) is 11.4. The first-order chi connectivity index (χ1) is 13.8. The van der Waals surface area contributed by atoms with Crippen LogP contribution in [0.5, 0.6) is 0 Å². The molecule has 154 valence electrons. The van der Waals surface area contributed by atoms with Crippen LogP contribution in [0.2, 0.25) is 0 Å². The fourth-order valence-corrected chi connectivity index (χ4v) is 5.46. The van der Waals surface area contributed by atoms with Crippen LogP contribution < -0.4 is 10.2 Å². The number of hydrogen-bond acceptors (Lipinski definition) is 5. The summed E-state index contributed by atoms with van der Waals surface area (Å²) < 4.78 is 8.43. The highest BCUT2D eigenvalue weighted by molar-refractivity contribution is 5.76. The van der Waals surface area contributed by atoms with Gasteiger partial charge in [-0.15, -0.1) is 10.2 Å². The monoisotopic (exact) mass is 387 g/mol. The number of amides is 1.